The van der Waals surface area contributed by atoms with Crippen molar-refractivity contribution in [2.75, 3.05) is 33.4 Å². The van der Waals surface area contributed by atoms with Gasteiger partial charge in [0.05, 0.1) is 13.0 Å². The molecule has 6 heteroatoms. The molecular weight excluding hydrogens is 260 g/mol. The second-order valence-electron chi connectivity index (χ2n) is 5.48. The first-order valence-electron chi connectivity index (χ1n) is 7.27. The molecule has 0 aromatic rings. The highest BCUT2D eigenvalue weighted by Gasteiger charge is 2.25. The van der Waals surface area contributed by atoms with Gasteiger partial charge in [-0.25, -0.2) is 4.79 Å². The summed E-state index contributed by atoms with van der Waals surface area (Å²) in [6.07, 6.45) is 2.09. The van der Waals surface area contributed by atoms with Gasteiger partial charge >= 0.3 is 12.0 Å². The molecule has 116 valence electrons. The Balaban J connectivity index is 2.53. The minimum Gasteiger partial charge on any atom is -0.481 e. The van der Waals surface area contributed by atoms with E-state index in [-0.39, 0.29) is 18.5 Å². The standard InChI is InChI=1S/C14H26N2O4/c1-4-16(11(2)8-13(17)18)14(19)15(3)9-12-6-5-7-20-10-12/h11-12H,4-10H2,1-3H3,(H,17,18). The van der Waals surface area contributed by atoms with E-state index in [9.17, 15) is 9.59 Å². The lowest BCUT2D eigenvalue weighted by Gasteiger charge is -2.34. The Kier molecular flexibility index (Phi) is 6.78. The zero-order chi connectivity index (χ0) is 15.1. The van der Waals surface area contributed by atoms with Crippen LogP contribution in [0, 0.1) is 5.92 Å². The van der Waals surface area contributed by atoms with Crippen molar-refractivity contribution in [3.63, 3.8) is 0 Å². The summed E-state index contributed by atoms with van der Waals surface area (Å²) in [5.74, 6) is -0.502. The molecule has 0 aliphatic carbocycles. The molecule has 20 heavy (non-hydrogen) atoms. The minimum atomic E-state index is -0.882. The normalized spacial score (nSPS) is 20.2. The molecule has 0 radical (unpaired) electrons. The van der Waals surface area contributed by atoms with Gasteiger partial charge in [0.15, 0.2) is 0 Å². The molecule has 1 N–H and O–H groups in total. The maximum atomic E-state index is 12.4. The highest BCUT2D eigenvalue weighted by Crippen LogP contribution is 2.16. The topological polar surface area (TPSA) is 70.1 Å². The van der Waals surface area contributed by atoms with E-state index < -0.39 is 5.97 Å². The van der Waals surface area contributed by atoms with Crippen LogP contribution in [-0.4, -0.2) is 66.3 Å². The highest BCUT2D eigenvalue weighted by atomic mass is 16.5. The van der Waals surface area contributed by atoms with Crippen LogP contribution in [0.1, 0.15) is 33.1 Å². The predicted octanol–water partition coefficient (Wildman–Crippen LogP) is 1.65. The number of aliphatic carboxylic acids is 1. The van der Waals surface area contributed by atoms with Gasteiger partial charge in [0, 0.05) is 38.7 Å². The molecule has 0 aromatic carbocycles. The van der Waals surface area contributed by atoms with Crippen molar-refractivity contribution < 1.29 is 19.4 Å². The lowest BCUT2D eigenvalue weighted by atomic mass is 10.0. The Hall–Kier alpha value is -1.30. The summed E-state index contributed by atoms with van der Waals surface area (Å²) in [5, 5.41) is 8.84. The lowest BCUT2D eigenvalue weighted by Crippen LogP contribution is -2.48. The molecule has 2 unspecified atom stereocenters. The van der Waals surface area contributed by atoms with Gasteiger partial charge in [0.1, 0.15) is 0 Å². The number of hydrogen-bond acceptors (Lipinski definition) is 3. The lowest BCUT2D eigenvalue weighted by molar-refractivity contribution is -0.138. The third-order valence-electron chi connectivity index (χ3n) is 3.70. The molecule has 2 amide bonds. The summed E-state index contributed by atoms with van der Waals surface area (Å²) in [4.78, 5) is 26.5. The number of carbonyl (C=O) groups excluding carboxylic acids is 1. The first-order valence-corrected chi connectivity index (χ1v) is 7.27. The number of carbonyl (C=O) groups is 2. The van der Waals surface area contributed by atoms with E-state index in [4.69, 9.17) is 9.84 Å². The smallest absolute Gasteiger partial charge is 0.319 e. The molecule has 0 spiro atoms. The van der Waals surface area contributed by atoms with Gasteiger partial charge in [-0.05, 0) is 26.7 Å². The van der Waals surface area contributed by atoms with Gasteiger partial charge in [-0.15, -0.1) is 0 Å². The predicted molar refractivity (Wildman–Crippen MR) is 75.7 cm³/mol. The molecule has 1 rings (SSSR count). The number of carboxylic acid groups (broad SMARTS) is 1. The van der Waals surface area contributed by atoms with Crippen LogP contribution in [0.4, 0.5) is 4.79 Å². The number of urea groups is 1. The second kappa shape index (κ2) is 8.09. The van der Waals surface area contributed by atoms with Gasteiger partial charge in [-0.3, -0.25) is 4.79 Å². The highest BCUT2D eigenvalue weighted by molar-refractivity contribution is 5.75. The molecule has 1 saturated heterocycles. The largest absolute Gasteiger partial charge is 0.481 e. The van der Waals surface area contributed by atoms with Crippen LogP contribution in [0.2, 0.25) is 0 Å². The van der Waals surface area contributed by atoms with Crippen LogP contribution in [0.25, 0.3) is 0 Å². The maximum Gasteiger partial charge on any atom is 0.319 e. The third kappa shape index (κ3) is 5.00. The van der Waals surface area contributed by atoms with Crippen molar-refractivity contribution >= 4 is 12.0 Å². The summed E-state index contributed by atoms with van der Waals surface area (Å²) >= 11 is 0. The van der Waals surface area contributed by atoms with E-state index in [1.54, 1.807) is 23.8 Å². The number of rotatable bonds is 6. The number of amides is 2. The Morgan fingerprint density at radius 1 is 1.45 bits per heavy atom. The van der Waals surface area contributed by atoms with E-state index >= 15 is 0 Å². The summed E-state index contributed by atoms with van der Waals surface area (Å²) in [6, 6.07) is -0.401. The third-order valence-corrected chi connectivity index (χ3v) is 3.70. The molecule has 1 heterocycles. The minimum absolute atomic E-state index is 0.0278. The van der Waals surface area contributed by atoms with E-state index in [0.717, 1.165) is 19.4 Å². The molecule has 0 bridgehead atoms. The van der Waals surface area contributed by atoms with Crippen LogP contribution >= 0.6 is 0 Å². The summed E-state index contributed by atoms with van der Waals surface area (Å²) in [6.45, 7) is 6.33. The van der Waals surface area contributed by atoms with Crippen LogP contribution in [0.5, 0.6) is 0 Å². The molecular formula is C14H26N2O4. The molecule has 1 aliphatic rings. The van der Waals surface area contributed by atoms with E-state index in [2.05, 4.69) is 0 Å². The van der Waals surface area contributed by atoms with Gasteiger partial charge in [-0.1, -0.05) is 0 Å². The van der Waals surface area contributed by atoms with E-state index in [0.29, 0.717) is 25.6 Å². The zero-order valence-corrected chi connectivity index (χ0v) is 12.7. The average Bonchev–Trinajstić information content (AvgIpc) is 2.39. The number of ether oxygens (including phenoxy) is 1. The fourth-order valence-electron chi connectivity index (χ4n) is 2.63. The van der Waals surface area contributed by atoms with Gasteiger partial charge in [-0.2, -0.15) is 0 Å². The van der Waals surface area contributed by atoms with Crippen molar-refractivity contribution in [3.8, 4) is 0 Å². The average molecular weight is 286 g/mol. The van der Waals surface area contributed by atoms with Crippen molar-refractivity contribution in [1.29, 1.82) is 0 Å². The van der Waals surface area contributed by atoms with E-state index in [1.807, 2.05) is 6.92 Å². The van der Waals surface area contributed by atoms with E-state index in [1.165, 1.54) is 0 Å². The number of hydrogen-bond donors (Lipinski definition) is 1. The van der Waals surface area contributed by atoms with Gasteiger partial charge in [0.25, 0.3) is 0 Å². The Bertz CT molecular complexity index is 329. The van der Waals surface area contributed by atoms with Crippen LogP contribution in [0.3, 0.4) is 0 Å². The van der Waals surface area contributed by atoms with Gasteiger partial charge in [0.2, 0.25) is 0 Å². The van der Waals surface area contributed by atoms with Crippen molar-refractivity contribution in [2.24, 2.45) is 5.92 Å². The zero-order valence-electron chi connectivity index (χ0n) is 12.7. The fourth-order valence-corrected chi connectivity index (χ4v) is 2.63. The molecule has 2 atom stereocenters. The summed E-state index contributed by atoms with van der Waals surface area (Å²) in [5.41, 5.74) is 0. The van der Waals surface area contributed by atoms with Gasteiger partial charge < -0.3 is 19.6 Å². The first kappa shape index (κ1) is 16.8. The maximum absolute atomic E-state index is 12.4. The fraction of sp³-hybridized carbons (Fsp3) is 0.857. The van der Waals surface area contributed by atoms with Crippen LogP contribution < -0.4 is 0 Å². The molecule has 0 aromatic heterocycles. The Morgan fingerprint density at radius 3 is 2.65 bits per heavy atom. The van der Waals surface area contributed by atoms with Crippen molar-refractivity contribution in [3.05, 3.63) is 0 Å². The number of carboxylic acids is 1. The van der Waals surface area contributed by atoms with Crippen LogP contribution in [-0.2, 0) is 9.53 Å². The monoisotopic (exact) mass is 286 g/mol. The second-order valence-corrected chi connectivity index (χ2v) is 5.48. The van der Waals surface area contributed by atoms with Crippen molar-refractivity contribution in [2.45, 2.75) is 39.2 Å². The summed E-state index contributed by atoms with van der Waals surface area (Å²) < 4.78 is 5.42. The SMILES string of the molecule is CCN(C(=O)N(C)CC1CCCOC1)C(C)CC(=O)O. The quantitative estimate of drug-likeness (QED) is 0.806. The molecule has 0 saturated carbocycles. The Labute approximate surface area is 120 Å². The first-order chi connectivity index (χ1) is 9.45. The molecule has 1 fully saturated rings. The Morgan fingerprint density at radius 2 is 2.15 bits per heavy atom. The number of nitrogens with zero attached hydrogens (tertiary/aromatic N) is 2. The molecule has 6 nitrogen and oxygen atoms in total. The summed E-state index contributed by atoms with van der Waals surface area (Å²) in [7, 11) is 1.77. The van der Waals surface area contributed by atoms with Crippen LogP contribution in [0.15, 0.2) is 0 Å². The molecule has 1 aliphatic heterocycles. The van der Waals surface area contributed by atoms with Crippen molar-refractivity contribution in [1.82, 2.24) is 9.80 Å².